The number of aryl methyl sites for hydroxylation is 1. The van der Waals surface area contributed by atoms with E-state index < -0.39 is 0 Å². The number of nitrogens with one attached hydrogen (secondary N) is 1. The molecule has 3 heterocycles. The van der Waals surface area contributed by atoms with E-state index >= 15 is 0 Å². The largest absolute Gasteiger partial charge is 0.348 e. The number of benzene rings is 1. The summed E-state index contributed by atoms with van der Waals surface area (Å²) in [6, 6.07) is 13.3. The average Bonchev–Trinajstić information content (AvgIpc) is 3.20. The van der Waals surface area contributed by atoms with Gasteiger partial charge in [0.2, 0.25) is 0 Å². The first kappa shape index (κ1) is 16.9. The Morgan fingerprint density at radius 1 is 1.15 bits per heavy atom. The van der Waals surface area contributed by atoms with E-state index in [-0.39, 0.29) is 5.91 Å². The van der Waals surface area contributed by atoms with Gasteiger partial charge < -0.3 is 5.32 Å². The highest BCUT2D eigenvalue weighted by Crippen LogP contribution is 2.24. The van der Waals surface area contributed by atoms with Gasteiger partial charge in [0, 0.05) is 48.2 Å². The minimum absolute atomic E-state index is 0.131. The summed E-state index contributed by atoms with van der Waals surface area (Å²) in [6.45, 7) is 3.26. The fourth-order valence-corrected chi connectivity index (χ4v) is 2.98. The van der Waals surface area contributed by atoms with Gasteiger partial charge in [-0.15, -0.1) is 0 Å². The second kappa shape index (κ2) is 7.37. The summed E-state index contributed by atoms with van der Waals surface area (Å²) in [4.78, 5) is 21.7. The maximum Gasteiger partial charge on any atom is 0.252 e. The number of hydrogen-bond acceptors (Lipinski definition) is 4. The summed E-state index contributed by atoms with van der Waals surface area (Å²) in [6.07, 6.45) is 7.15. The summed E-state index contributed by atoms with van der Waals surface area (Å²) in [5.41, 5.74) is 4.04. The number of amides is 1. The molecule has 0 atom stereocenters. The van der Waals surface area contributed by atoms with E-state index in [0.29, 0.717) is 12.1 Å². The summed E-state index contributed by atoms with van der Waals surface area (Å²) < 4.78 is 1.84. The van der Waals surface area contributed by atoms with Crippen molar-refractivity contribution in [1.82, 2.24) is 25.1 Å². The Balaban J connectivity index is 1.67. The smallest absolute Gasteiger partial charge is 0.252 e. The minimum Gasteiger partial charge on any atom is -0.348 e. The Bertz CT molecular complexity index is 1090. The number of carbonyl (C=O) groups is 1. The summed E-state index contributed by atoms with van der Waals surface area (Å²) in [5, 5.41) is 8.06. The van der Waals surface area contributed by atoms with Crippen LogP contribution in [0, 0.1) is 0 Å². The molecule has 1 amide bonds. The van der Waals surface area contributed by atoms with Crippen molar-refractivity contribution < 1.29 is 4.79 Å². The molecule has 1 N–H and O–H groups in total. The fourth-order valence-electron chi connectivity index (χ4n) is 2.98. The molecule has 0 fully saturated rings. The van der Waals surface area contributed by atoms with Crippen LogP contribution in [-0.2, 0) is 13.1 Å². The molecule has 3 aromatic heterocycles. The first-order valence-electron chi connectivity index (χ1n) is 8.84. The second-order valence-corrected chi connectivity index (χ2v) is 6.20. The molecule has 6 heteroatoms. The van der Waals surface area contributed by atoms with Crippen LogP contribution < -0.4 is 5.32 Å². The molecule has 0 bridgehead atoms. The van der Waals surface area contributed by atoms with Gasteiger partial charge in [-0.25, -0.2) is 4.98 Å². The van der Waals surface area contributed by atoms with E-state index in [1.165, 1.54) is 0 Å². The van der Waals surface area contributed by atoms with Gasteiger partial charge >= 0.3 is 0 Å². The molecular weight excluding hydrogens is 338 g/mol. The summed E-state index contributed by atoms with van der Waals surface area (Å²) in [7, 11) is 0. The summed E-state index contributed by atoms with van der Waals surface area (Å²) >= 11 is 0. The third-order valence-electron chi connectivity index (χ3n) is 4.40. The van der Waals surface area contributed by atoms with Crippen LogP contribution in [-0.4, -0.2) is 25.7 Å². The van der Waals surface area contributed by atoms with E-state index in [4.69, 9.17) is 4.98 Å². The average molecular weight is 357 g/mol. The van der Waals surface area contributed by atoms with Gasteiger partial charge in [-0.2, -0.15) is 5.10 Å². The Morgan fingerprint density at radius 2 is 1.96 bits per heavy atom. The predicted octanol–water partition coefficient (Wildman–Crippen LogP) is 3.44. The molecule has 4 aromatic rings. The molecule has 6 nitrogen and oxygen atoms in total. The van der Waals surface area contributed by atoms with Crippen molar-refractivity contribution in [2.24, 2.45) is 0 Å². The van der Waals surface area contributed by atoms with E-state index in [1.54, 1.807) is 18.6 Å². The van der Waals surface area contributed by atoms with Gasteiger partial charge in [-0.3, -0.25) is 14.5 Å². The standard InChI is InChI=1S/C21H19N5O/c1-2-26-14-15(13-24-26)12-23-21(27)18-11-20(16-7-9-22-10-8-16)25-19-6-4-3-5-17(18)19/h3-11,13-14H,2,12H2,1H3,(H,23,27). The van der Waals surface area contributed by atoms with Gasteiger partial charge in [-0.05, 0) is 31.2 Å². The van der Waals surface area contributed by atoms with Crippen LogP contribution in [0.25, 0.3) is 22.2 Å². The van der Waals surface area contributed by atoms with Crippen molar-refractivity contribution in [3.63, 3.8) is 0 Å². The molecule has 0 saturated heterocycles. The zero-order valence-electron chi connectivity index (χ0n) is 15.0. The van der Waals surface area contributed by atoms with Crippen molar-refractivity contribution in [1.29, 1.82) is 0 Å². The third-order valence-corrected chi connectivity index (χ3v) is 4.40. The predicted molar refractivity (Wildman–Crippen MR) is 104 cm³/mol. The van der Waals surface area contributed by atoms with Gasteiger partial charge in [-0.1, -0.05) is 18.2 Å². The van der Waals surface area contributed by atoms with Crippen molar-refractivity contribution in [2.45, 2.75) is 20.0 Å². The zero-order chi connectivity index (χ0) is 18.6. The van der Waals surface area contributed by atoms with E-state index in [0.717, 1.165) is 34.3 Å². The monoisotopic (exact) mass is 357 g/mol. The number of carbonyl (C=O) groups excluding carboxylic acids is 1. The topological polar surface area (TPSA) is 72.7 Å². The Labute approximate surface area is 156 Å². The van der Waals surface area contributed by atoms with Crippen LogP contribution in [0.2, 0.25) is 0 Å². The molecule has 0 aliphatic rings. The second-order valence-electron chi connectivity index (χ2n) is 6.20. The molecule has 0 aliphatic heterocycles. The highest BCUT2D eigenvalue weighted by Gasteiger charge is 2.14. The number of nitrogens with zero attached hydrogens (tertiary/aromatic N) is 4. The molecule has 0 radical (unpaired) electrons. The van der Waals surface area contributed by atoms with Crippen LogP contribution in [0.4, 0.5) is 0 Å². The number of aromatic nitrogens is 4. The number of pyridine rings is 2. The Kier molecular flexibility index (Phi) is 4.61. The molecule has 0 unspecified atom stereocenters. The molecular formula is C21H19N5O. The first-order valence-corrected chi connectivity index (χ1v) is 8.84. The number of para-hydroxylation sites is 1. The van der Waals surface area contributed by atoms with Crippen LogP contribution >= 0.6 is 0 Å². The molecule has 0 saturated carbocycles. The third kappa shape index (κ3) is 3.55. The lowest BCUT2D eigenvalue weighted by Gasteiger charge is -2.10. The van der Waals surface area contributed by atoms with E-state index in [1.807, 2.05) is 60.3 Å². The normalized spacial score (nSPS) is 10.9. The highest BCUT2D eigenvalue weighted by molar-refractivity contribution is 6.07. The lowest BCUT2D eigenvalue weighted by Crippen LogP contribution is -2.23. The molecule has 27 heavy (non-hydrogen) atoms. The SMILES string of the molecule is CCn1cc(CNC(=O)c2cc(-c3ccncc3)nc3ccccc23)cn1. The Morgan fingerprint density at radius 3 is 2.74 bits per heavy atom. The van der Waals surface area contributed by atoms with E-state index in [9.17, 15) is 4.79 Å². The van der Waals surface area contributed by atoms with Crippen molar-refractivity contribution in [3.05, 3.63) is 78.4 Å². The molecule has 1 aromatic carbocycles. The minimum atomic E-state index is -0.131. The Hall–Kier alpha value is -3.54. The summed E-state index contributed by atoms with van der Waals surface area (Å²) in [5.74, 6) is -0.131. The number of hydrogen-bond donors (Lipinski definition) is 1. The molecule has 0 spiro atoms. The van der Waals surface area contributed by atoms with Crippen molar-refractivity contribution in [3.8, 4) is 11.3 Å². The number of fused-ring (bicyclic) bond motifs is 1. The highest BCUT2D eigenvalue weighted by atomic mass is 16.1. The van der Waals surface area contributed by atoms with Crippen molar-refractivity contribution in [2.75, 3.05) is 0 Å². The van der Waals surface area contributed by atoms with Crippen LogP contribution in [0.3, 0.4) is 0 Å². The lowest BCUT2D eigenvalue weighted by molar-refractivity contribution is 0.0952. The fraction of sp³-hybridized carbons (Fsp3) is 0.143. The number of rotatable bonds is 5. The maximum absolute atomic E-state index is 12.9. The van der Waals surface area contributed by atoms with Crippen LogP contribution in [0.5, 0.6) is 0 Å². The van der Waals surface area contributed by atoms with Gasteiger partial charge in [0.1, 0.15) is 0 Å². The van der Waals surface area contributed by atoms with Gasteiger partial charge in [0.15, 0.2) is 0 Å². The zero-order valence-corrected chi connectivity index (χ0v) is 15.0. The maximum atomic E-state index is 12.9. The van der Waals surface area contributed by atoms with Crippen LogP contribution in [0.15, 0.2) is 67.3 Å². The van der Waals surface area contributed by atoms with E-state index in [2.05, 4.69) is 15.4 Å². The first-order chi connectivity index (χ1) is 13.2. The molecule has 0 aliphatic carbocycles. The quantitative estimate of drug-likeness (QED) is 0.594. The molecule has 4 rings (SSSR count). The van der Waals surface area contributed by atoms with Crippen molar-refractivity contribution >= 4 is 16.8 Å². The van der Waals surface area contributed by atoms with Gasteiger partial charge in [0.25, 0.3) is 5.91 Å². The lowest BCUT2D eigenvalue weighted by atomic mass is 10.0. The van der Waals surface area contributed by atoms with Gasteiger partial charge in [0.05, 0.1) is 23.0 Å². The van der Waals surface area contributed by atoms with Crippen LogP contribution in [0.1, 0.15) is 22.8 Å². The molecule has 134 valence electrons.